The van der Waals surface area contributed by atoms with E-state index in [1.54, 1.807) is 11.3 Å². The molecule has 1 aromatic carbocycles. The van der Waals surface area contributed by atoms with Crippen LogP contribution in [-0.2, 0) is 17.8 Å². The average Bonchev–Trinajstić information content (AvgIpc) is 3.31. The van der Waals surface area contributed by atoms with Crippen molar-refractivity contribution in [3.63, 3.8) is 0 Å². The van der Waals surface area contributed by atoms with Crippen LogP contribution in [0.25, 0.3) is 11.0 Å². The minimum absolute atomic E-state index is 0.144. The van der Waals surface area contributed by atoms with E-state index in [1.807, 2.05) is 18.2 Å². The molecule has 1 aliphatic heterocycles. The maximum absolute atomic E-state index is 12.4. The Morgan fingerprint density at radius 3 is 2.85 bits per heavy atom. The second-order valence-corrected chi connectivity index (χ2v) is 7.90. The lowest BCUT2D eigenvalue weighted by atomic mass is 9.96. The van der Waals surface area contributed by atoms with Gasteiger partial charge < -0.3 is 10.3 Å². The molecule has 1 amide bonds. The smallest absolute Gasteiger partial charge is 0.223 e. The maximum Gasteiger partial charge on any atom is 0.223 e. The van der Waals surface area contributed by atoms with E-state index in [9.17, 15) is 4.79 Å². The number of benzene rings is 1. The summed E-state index contributed by atoms with van der Waals surface area (Å²) in [6, 6.07) is 12.3. The lowest BCUT2D eigenvalue weighted by Gasteiger charge is -2.30. The van der Waals surface area contributed by atoms with Crippen LogP contribution >= 0.6 is 11.3 Å². The summed E-state index contributed by atoms with van der Waals surface area (Å²) in [5.74, 6) is 1.36. The molecule has 0 atom stereocenters. The molecule has 3 heterocycles. The van der Waals surface area contributed by atoms with Crippen LogP contribution in [0.5, 0.6) is 0 Å². The molecule has 2 N–H and O–H groups in total. The number of carbonyl (C=O) groups excluding carboxylic acids is 1. The number of likely N-dealkylation sites (tertiary alicyclic amines) is 1. The van der Waals surface area contributed by atoms with Gasteiger partial charge in [0.05, 0.1) is 17.6 Å². The van der Waals surface area contributed by atoms with Crippen LogP contribution < -0.4 is 5.32 Å². The molecule has 4 rings (SSSR count). The minimum atomic E-state index is 0.144. The normalized spacial score (nSPS) is 16.2. The van der Waals surface area contributed by atoms with Gasteiger partial charge in [-0.1, -0.05) is 18.2 Å². The molecule has 1 aliphatic rings. The van der Waals surface area contributed by atoms with E-state index in [-0.39, 0.29) is 11.8 Å². The van der Waals surface area contributed by atoms with Crippen LogP contribution in [0.15, 0.2) is 41.8 Å². The first-order chi connectivity index (χ1) is 12.8. The van der Waals surface area contributed by atoms with Gasteiger partial charge in [-0.25, -0.2) is 4.98 Å². The molecule has 6 heteroatoms. The molecule has 3 aromatic rings. The second kappa shape index (κ2) is 8.01. The largest absolute Gasteiger partial charge is 0.355 e. The third-order valence-electron chi connectivity index (χ3n) is 5.02. The molecule has 0 saturated carbocycles. The van der Waals surface area contributed by atoms with Crippen LogP contribution in [0.1, 0.15) is 23.5 Å². The van der Waals surface area contributed by atoms with Crippen LogP contribution in [0.3, 0.4) is 0 Å². The van der Waals surface area contributed by atoms with E-state index in [4.69, 9.17) is 0 Å². The van der Waals surface area contributed by atoms with E-state index in [0.29, 0.717) is 0 Å². The number of hydrogen-bond donors (Lipinski definition) is 2. The first kappa shape index (κ1) is 17.2. The number of aromatic nitrogens is 2. The highest BCUT2D eigenvalue weighted by Gasteiger charge is 2.25. The fourth-order valence-electron chi connectivity index (χ4n) is 3.55. The zero-order chi connectivity index (χ0) is 17.8. The van der Waals surface area contributed by atoms with Gasteiger partial charge in [0.25, 0.3) is 0 Å². The zero-order valence-corrected chi connectivity index (χ0v) is 15.6. The summed E-state index contributed by atoms with van der Waals surface area (Å²) in [7, 11) is 0. The Hall–Kier alpha value is -2.18. The number of fused-ring (bicyclic) bond motifs is 1. The number of thiophene rings is 1. The summed E-state index contributed by atoms with van der Waals surface area (Å²) in [6.07, 6.45) is 2.77. The van der Waals surface area contributed by atoms with E-state index < -0.39 is 0 Å². The standard InChI is InChI=1S/C20H24N4OS/c25-20(21-10-7-16-4-3-13-26-16)15-8-11-24(12-9-15)14-19-22-17-5-1-2-6-18(17)23-19/h1-6,13,15H,7-12,14H2,(H,21,25)(H,22,23). The fraction of sp³-hybridized carbons (Fsp3) is 0.400. The molecule has 26 heavy (non-hydrogen) atoms. The van der Waals surface area contributed by atoms with Gasteiger partial charge in [0.2, 0.25) is 5.91 Å². The van der Waals surface area contributed by atoms with Gasteiger partial charge in [-0.3, -0.25) is 9.69 Å². The van der Waals surface area contributed by atoms with Crippen LogP contribution in [0.4, 0.5) is 0 Å². The quantitative estimate of drug-likeness (QED) is 0.702. The molecule has 136 valence electrons. The van der Waals surface area contributed by atoms with Crippen molar-refractivity contribution in [2.24, 2.45) is 5.92 Å². The third-order valence-corrected chi connectivity index (χ3v) is 5.96. The van der Waals surface area contributed by atoms with E-state index >= 15 is 0 Å². The van der Waals surface area contributed by atoms with Crippen molar-refractivity contribution < 1.29 is 4.79 Å². The molecule has 1 fully saturated rings. The first-order valence-electron chi connectivity index (χ1n) is 9.24. The molecule has 0 unspecified atom stereocenters. The van der Waals surface area contributed by atoms with Crippen LogP contribution in [0, 0.1) is 5.92 Å². The van der Waals surface area contributed by atoms with Gasteiger partial charge in [0, 0.05) is 17.3 Å². The topological polar surface area (TPSA) is 61.0 Å². The molecular formula is C20H24N4OS. The van der Waals surface area contributed by atoms with Crippen molar-refractivity contribution in [3.05, 3.63) is 52.5 Å². The Balaban J connectivity index is 1.22. The number of hydrogen-bond acceptors (Lipinski definition) is 4. The first-order valence-corrected chi connectivity index (χ1v) is 10.1. The van der Waals surface area contributed by atoms with Crippen LogP contribution in [-0.4, -0.2) is 40.4 Å². The predicted octanol–water partition coefficient (Wildman–Crippen LogP) is 3.20. The van der Waals surface area contributed by atoms with Crippen molar-refractivity contribution in [2.45, 2.75) is 25.8 Å². The molecule has 1 saturated heterocycles. The lowest BCUT2D eigenvalue weighted by molar-refractivity contribution is -0.126. The lowest BCUT2D eigenvalue weighted by Crippen LogP contribution is -2.40. The molecule has 0 aliphatic carbocycles. The zero-order valence-electron chi connectivity index (χ0n) is 14.8. The minimum Gasteiger partial charge on any atom is -0.355 e. The molecule has 0 radical (unpaired) electrons. The highest BCUT2D eigenvalue weighted by Crippen LogP contribution is 2.20. The Bertz CT molecular complexity index is 817. The van der Waals surface area contributed by atoms with E-state index in [0.717, 1.165) is 62.3 Å². The number of carbonyl (C=O) groups is 1. The number of rotatable bonds is 6. The van der Waals surface area contributed by atoms with Crippen molar-refractivity contribution >= 4 is 28.3 Å². The Morgan fingerprint density at radius 1 is 1.23 bits per heavy atom. The predicted molar refractivity (Wildman–Crippen MR) is 105 cm³/mol. The average molecular weight is 369 g/mol. The van der Waals surface area contributed by atoms with Crippen molar-refractivity contribution in [1.82, 2.24) is 20.2 Å². The van der Waals surface area contributed by atoms with Gasteiger partial charge in [-0.2, -0.15) is 0 Å². The summed E-state index contributed by atoms with van der Waals surface area (Å²) in [5, 5.41) is 5.18. The molecule has 2 aromatic heterocycles. The number of H-pyrrole nitrogens is 1. The SMILES string of the molecule is O=C(NCCc1cccs1)C1CCN(Cc2nc3ccccc3[nH]2)CC1. The van der Waals surface area contributed by atoms with Crippen molar-refractivity contribution in [2.75, 3.05) is 19.6 Å². The fourth-order valence-corrected chi connectivity index (χ4v) is 4.26. The molecule has 0 spiro atoms. The molecular weight excluding hydrogens is 344 g/mol. The maximum atomic E-state index is 12.4. The summed E-state index contributed by atoms with van der Waals surface area (Å²) in [4.78, 5) is 24.1. The number of nitrogens with zero attached hydrogens (tertiary/aromatic N) is 2. The summed E-state index contributed by atoms with van der Waals surface area (Å²) >= 11 is 1.75. The van der Waals surface area contributed by atoms with Gasteiger partial charge in [-0.05, 0) is 55.9 Å². The highest BCUT2D eigenvalue weighted by atomic mass is 32.1. The summed E-state index contributed by atoms with van der Waals surface area (Å²) in [5.41, 5.74) is 2.10. The number of imidazole rings is 1. The van der Waals surface area contributed by atoms with E-state index in [2.05, 4.69) is 43.8 Å². The van der Waals surface area contributed by atoms with E-state index in [1.165, 1.54) is 4.88 Å². The molecule has 5 nitrogen and oxygen atoms in total. The summed E-state index contributed by atoms with van der Waals surface area (Å²) in [6.45, 7) is 3.44. The number of nitrogens with one attached hydrogen (secondary N) is 2. The number of amides is 1. The van der Waals surface area contributed by atoms with Gasteiger partial charge >= 0.3 is 0 Å². The van der Waals surface area contributed by atoms with Crippen molar-refractivity contribution in [3.8, 4) is 0 Å². The van der Waals surface area contributed by atoms with Crippen molar-refractivity contribution in [1.29, 1.82) is 0 Å². The monoisotopic (exact) mass is 368 g/mol. The third kappa shape index (κ3) is 4.14. The summed E-state index contributed by atoms with van der Waals surface area (Å²) < 4.78 is 0. The number of para-hydroxylation sites is 2. The number of piperidine rings is 1. The van der Waals surface area contributed by atoms with Gasteiger partial charge in [-0.15, -0.1) is 11.3 Å². The van der Waals surface area contributed by atoms with Crippen LogP contribution in [0.2, 0.25) is 0 Å². The van der Waals surface area contributed by atoms with Gasteiger partial charge in [0.1, 0.15) is 5.82 Å². The number of aromatic amines is 1. The van der Waals surface area contributed by atoms with Gasteiger partial charge in [0.15, 0.2) is 0 Å². The highest BCUT2D eigenvalue weighted by molar-refractivity contribution is 7.09. The second-order valence-electron chi connectivity index (χ2n) is 6.87. The molecule has 0 bridgehead atoms. The Kier molecular flexibility index (Phi) is 5.32. The Morgan fingerprint density at radius 2 is 2.08 bits per heavy atom. The Labute approximate surface area is 157 Å².